The number of likely N-dealkylation sites (tertiary alicyclic amines) is 1. The van der Waals surface area contributed by atoms with E-state index in [9.17, 15) is 10.4 Å². The van der Waals surface area contributed by atoms with Gasteiger partial charge in [-0.25, -0.2) is 15.0 Å². The molecule has 5 rings (SSSR count). The number of nitriles is 1. The van der Waals surface area contributed by atoms with Gasteiger partial charge in [0.25, 0.3) is 0 Å². The molecule has 0 spiro atoms. The number of benzene rings is 1. The molecule has 3 aromatic heterocycles. The Kier molecular flexibility index (Phi) is 6.39. The molecule has 0 saturated carbocycles. The van der Waals surface area contributed by atoms with Crippen molar-refractivity contribution in [3.05, 3.63) is 76.7 Å². The third kappa shape index (κ3) is 4.46. The first-order chi connectivity index (χ1) is 17.0. The molecule has 178 valence electrons. The van der Waals surface area contributed by atoms with Crippen LogP contribution < -0.4 is 5.32 Å². The topological polar surface area (TPSA) is 102 Å². The number of rotatable bonds is 6. The molecule has 0 amide bonds. The maximum Gasteiger partial charge on any atom is 0.223 e. The summed E-state index contributed by atoms with van der Waals surface area (Å²) in [6, 6.07) is 13.8. The fourth-order valence-electron chi connectivity index (χ4n) is 4.70. The smallest absolute Gasteiger partial charge is 0.223 e. The van der Waals surface area contributed by atoms with Gasteiger partial charge < -0.3 is 15.3 Å². The lowest BCUT2D eigenvalue weighted by Gasteiger charge is -2.25. The van der Waals surface area contributed by atoms with E-state index in [2.05, 4.69) is 38.3 Å². The number of hydrogen-bond donors (Lipinski definition) is 2. The first kappa shape index (κ1) is 23.2. The van der Waals surface area contributed by atoms with E-state index in [4.69, 9.17) is 11.6 Å². The van der Waals surface area contributed by atoms with Crippen LogP contribution in [0.5, 0.6) is 0 Å². The standard InChI is InChI=1S/C26H26ClN7O/c1-16(17-7-9-18(10-8-17)24(35)21-6-4-11-33(21)2)31-26-30-14-19(13-28)23(32-26)22-15-29-25-20(27)5-3-12-34(22)25/h3,5,7-10,12,14-16,21,24,35H,4,6,11H2,1-2H3,(H,30,31,32)/t16-,21+,24?/m0/s1. The van der Waals surface area contributed by atoms with Crippen LogP contribution in [-0.2, 0) is 0 Å². The Balaban J connectivity index is 1.37. The van der Waals surface area contributed by atoms with Crippen LogP contribution in [0.1, 0.15) is 48.6 Å². The van der Waals surface area contributed by atoms with Crippen LogP contribution in [0.15, 0.2) is 55.0 Å². The van der Waals surface area contributed by atoms with E-state index in [1.807, 2.05) is 47.9 Å². The Bertz CT molecular complexity index is 1400. The van der Waals surface area contributed by atoms with Gasteiger partial charge in [-0.05, 0) is 56.6 Å². The van der Waals surface area contributed by atoms with Gasteiger partial charge in [-0.3, -0.25) is 4.40 Å². The normalized spacial score (nSPS) is 17.9. The number of imidazole rings is 1. The highest BCUT2D eigenvalue weighted by Crippen LogP contribution is 2.30. The van der Waals surface area contributed by atoms with E-state index in [0.717, 1.165) is 30.5 Å². The Morgan fingerprint density at radius 3 is 2.66 bits per heavy atom. The summed E-state index contributed by atoms with van der Waals surface area (Å²) in [4.78, 5) is 15.6. The van der Waals surface area contributed by atoms with Crippen LogP contribution in [0.25, 0.3) is 17.0 Å². The molecule has 1 aliphatic heterocycles. The van der Waals surface area contributed by atoms with Crippen LogP contribution in [0, 0.1) is 11.3 Å². The van der Waals surface area contributed by atoms with E-state index >= 15 is 0 Å². The van der Waals surface area contributed by atoms with Crippen LogP contribution in [0.3, 0.4) is 0 Å². The Morgan fingerprint density at radius 2 is 1.94 bits per heavy atom. The summed E-state index contributed by atoms with van der Waals surface area (Å²) in [5.41, 5.74) is 4.04. The van der Waals surface area contributed by atoms with Crippen molar-refractivity contribution in [2.24, 2.45) is 0 Å². The monoisotopic (exact) mass is 487 g/mol. The largest absolute Gasteiger partial charge is 0.387 e. The average Bonchev–Trinajstić information content (AvgIpc) is 3.50. The number of anilines is 1. The first-order valence-electron chi connectivity index (χ1n) is 11.6. The lowest BCUT2D eigenvalue weighted by molar-refractivity contribution is 0.0857. The van der Waals surface area contributed by atoms with Crippen LogP contribution in [0.2, 0.25) is 5.02 Å². The molecule has 3 atom stereocenters. The number of halogens is 1. The van der Waals surface area contributed by atoms with Crippen molar-refractivity contribution < 1.29 is 5.11 Å². The highest BCUT2D eigenvalue weighted by molar-refractivity contribution is 6.33. The van der Waals surface area contributed by atoms with Gasteiger partial charge in [-0.15, -0.1) is 0 Å². The predicted octanol–water partition coefficient (Wildman–Crippen LogP) is 4.62. The predicted molar refractivity (Wildman–Crippen MR) is 135 cm³/mol. The van der Waals surface area contributed by atoms with Gasteiger partial charge >= 0.3 is 0 Å². The lowest BCUT2D eigenvalue weighted by atomic mass is 9.98. The summed E-state index contributed by atoms with van der Waals surface area (Å²) >= 11 is 6.26. The molecule has 1 aliphatic rings. The zero-order valence-electron chi connectivity index (χ0n) is 19.6. The van der Waals surface area contributed by atoms with E-state index < -0.39 is 6.10 Å². The second-order valence-corrected chi connectivity index (χ2v) is 9.34. The SMILES string of the molecule is C[C@H](Nc1ncc(C#N)c(-c2cnc3c(Cl)cccn23)n1)c1ccc(C(O)[C@H]2CCCN2C)cc1. The highest BCUT2D eigenvalue weighted by atomic mass is 35.5. The summed E-state index contributed by atoms with van der Waals surface area (Å²) in [5.74, 6) is 0.403. The van der Waals surface area contributed by atoms with E-state index in [-0.39, 0.29) is 12.1 Å². The van der Waals surface area contributed by atoms with E-state index in [0.29, 0.717) is 33.6 Å². The van der Waals surface area contributed by atoms with Gasteiger partial charge in [0.05, 0.1) is 40.8 Å². The summed E-state index contributed by atoms with van der Waals surface area (Å²) < 4.78 is 1.81. The van der Waals surface area contributed by atoms with Gasteiger partial charge in [-0.1, -0.05) is 35.9 Å². The van der Waals surface area contributed by atoms with E-state index in [1.54, 1.807) is 12.3 Å². The molecule has 8 nitrogen and oxygen atoms in total. The maximum absolute atomic E-state index is 10.8. The van der Waals surface area contributed by atoms with Crippen molar-refractivity contribution in [1.82, 2.24) is 24.3 Å². The molecule has 9 heteroatoms. The van der Waals surface area contributed by atoms with Crippen molar-refractivity contribution in [1.29, 1.82) is 5.26 Å². The van der Waals surface area contributed by atoms with Crippen molar-refractivity contribution >= 4 is 23.2 Å². The van der Waals surface area contributed by atoms with Gasteiger partial charge in [0.2, 0.25) is 5.95 Å². The van der Waals surface area contributed by atoms with Crippen molar-refractivity contribution in [2.75, 3.05) is 18.9 Å². The summed E-state index contributed by atoms with van der Waals surface area (Å²) in [5, 5.41) is 24.3. The van der Waals surface area contributed by atoms with Crippen LogP contribution in [-0.4, -0.2) is 49.0 Å². The maximum atomic E-state index is 10.8. The minimum absolute atomic E-state index is 0.0900. The number of aromatic nitrogens is 4. The number of nitrogens with one attached hydrogen (secondary N) is 1. The molecule has 4 heterocycles. The molecule has 4 aromatic rings. The number of pyridine rings is 1. The minimum atomic E-state index is -0.497. The first-order valence-corrected chi connectivity index (χ1v) is 12.0. The fourth-order valence-corrected chi connectivity index (χ4v) is 4.91. The summed E-state index contributed by atoms with van der Waals surface area (Å²) in [6.07, 6.45) is 6.63. The molecule has 1 saturated heterocycles. The van der Waals surface area contributed by atoms with Crippen LogP contribution in [0.4, 0.5) is 5.95 Å². The average molecular weight is 488 g/mol. The number of fused-ring (bicyclic) bond motifs is 1. The zero-order chi connectivity index (χ0) is 24.5. The van der Waals surface area contributed by atoms with Gasteiger partial charge in [0.1, 0.15) is 11.8 Å². The Morgan fingerprint density at radius 1 is 1.17 bits per heavy atom. The molecule has 1 unspecified atom stereocenters. The third-order valence-electron chi connectivity index (χ3n) is 6.70. The molecular weight excluding hydrogens is 462 g/mol. The number of aliphatic hydroxyl groups is 1. The molecule has 2 N–H and O–H groups in total. The van der Waals surface area contributed by atoms with Gasteiger partial charge in [-0.2, -0.15) is 5.26 Å². The number of likely N-dealkylation sites (N-methyl/N-ethyl adjacent to an activating group) is 1. The van der Waals surface area contributed by atoms with E-state index in [1.165, 1.54) is 6.20 Å². The lowest BCUT2D eigenvalue weighted by Crippen LogP contribution is -2.31. The van der Waals surface area contributed by atoms with Crippen molar-refractivity contribution in [3.63, 3.8) is 0 Å². The number of aliphatic hydroxyl groups excluding tert-OH is 1. The molecule has 0 aliphatic carbocycles. The van der Waals surface area contributed by atoms with Crippen LogP contribution >= 0.6 is 11.6 Å². The molecular formula is C26H26ClN7O. The molecule has 1 fully saturated rings. The second kappa shape index (κ2) is 9.62. The van der Waals surface area contributed by atoms with Gasteiger partial charge in [0.15, 0.2) is 5.65 Å². The molecule has 0 bridgehead atoms. The van der Waals surface area contributed by atoms with Gasteiger partial charge in [0, 0.05) is 12.2 Å². The van der Waals surface area contributed by atoms with Crippen molar-refractivity contribution in [3.8, 4) is 17.5 Å². The third-order valence-corrected chi connectivity index (χ3v) is 7.00. The highest BCUT2D eigenvalue weighted by Gasteiger charge is 2.29. The minimum Gasteiger partial charge on any atom is -0.387 e. The quantitative estimate of drug-likeness (QED) is 0.409. The fraction of sp³-hybridized carbons (Fsp3) is 0.308. The number of hydrogen-bond acceptors (Lipinski definition) is 7. The Labute approximate surface area is 208 Å². The molecule has 0 radical (unpaired) electrons. The molecule has 35 heavy (non-hydrogen) atoms. The summed E-state index contributed by atoms with van der Waals surface area (Å²) in [7, 11) is 2.06. The second-order valence-electron chi connectivity index (χ2n) is 8.93. The summed E-state index contributed by atoms with van der Waals surface area (Å²) in [6.45, 7) is 3.04. The Hall–Kier alpha value is -3.51. The zero-order valence-corrected chi connectivity index (χ0v) is 20.3. The molecule has 1 aromatic carbocycles. The van der Waals surface area contributed by atoms with Crippen molar-refractivity contribution in [2.45, 2.75) is 38.0 Å². The number of nitrogens with zero attached hydrogens (tertiary/aromatic N) is 6.